The van der Waals surface area contributed by atoms with Crippen molar-refractivity contribution in [1.82, 2.24) is 10.2 Å². The van der Waals surface area contributed by atoms with E-state index < -0.39 is 23.8 Å². The maximum absolute atomic E-state index is 14.1. The zero-order valence-electron chi connectivity index (χ0n) is 23.7. The van der Waals surface area contributed by atoms with Crippen molar-refractivity contribution in [2.45, 2.75) is 85.5 Å². The molecular weight excluding hydrogens is 498 g/mol. The number of para-hydroxylation sites is 1. The number of thiol groups is 1. The fourth-order valence-corrected chi connectivity index (χ4v) is 4.99. The zero-order valence-corrected chi connectivity index (χ0v) is 24.6. The van der Waals surface area contributed by atoms with Crippen LogP contribution in [0.15, 0.2) is 36.4 Å². The Morgan fingerprint density at radius 2 is 1.66 bits per heavy atom. The van der Waals surface area contributed by atoms with Crippen LogP contribution in [0.3, 0.4) is 0 Å². The third kappa shape index (κ3) is 7.10. The largest absolute Gasteiger partial charge is 0.444 e. The predicted octanol–water partition coefficient (Wildman–Crippen LogP) is 5.66. The number of nitrogens with zero attached hydrogens (tertiary/aromatic N) is 1. The van der Waals surface area contributed by atoms with Gasteiger partial charge in [0.25, 0.3) is 5.91 Å². The fourth-order valence-electron chi connectivity index (χ4n) is 4.74. The first-order chi connectivity index (χ1) is 17.7. The summed E-state index contributed by atoms with van der Waals surface area (Å²) >= 11 is 4.38. The highest BCUT2D eigenvalue weighted by atomic mass is 32.1. The maximum Gasteiger partial charge on any atom is 0.408 e. The quantitative estimate of drug-likeness (QED) is 0.378. The normalized spacial score (nSPS) is 18.2. The smallest absolute Gasteiger partial charge is 0.408 e. The summed E-state index contributed by atoms with van der Waals surface area (Å²) in [5, 5.41) is 5.79. The molecular formula is C30H41N3O4S. The van der Waals surface area contributed by atoms with Crippen molar-refractivity contribution in [2.24, 2.45) is 5.92 Å². The molecule has 38 heavy (non-hydrogen) atoms. The molecule has 0 saturated heterocycles. The van der Waals surface area contributed by atoms with Crippen LogP contribution in [0, 0.1) is 33.6 Å². The van der Waals surface area contributed by atoms with E-state index in [0.717, 1.165) is 39.9 Å². The number of alkyl carbamates (subject to hydrolysis) is 1. The SMILES string of the molecule is Cc1ccc(C(C(=O)Nc2c(C)cccc2C)N(C(=O)C(CS)NC(=O)OC(C)(C)C)C2CC2C)c(C)c1. The van der Waals surface area contributed by atoms with Gasteiger partial charge in [-0.05, 0) is 83.1 Å². The minimum Gasteiger partial charge on any atom is -0.444 e. The van der Waals surface area contributed by atoms with Gasteiger partial charge in [0.05, 0.1) is 0 Å². The molecule has 0 spiro atoms. The number of hydrogen-bond acceptors (Lipinski definition) is 5. The van der Waals surface area contributed by atoms with Gasteiger partial charge in [-0.3, -0.25) is 9.59 Å². The molecule has 206 valence electrons. The number of rotatable bonds is 8. The van der Waals surface area contributed by atoms with Crippen LogP contribution >= 0.6 is 12.6 Å². The van der Waals surface area contributed by atoms with Crippen LogP contribution in [0.5, 0.6) is 0 Å². The van der Waals surface area contributed by atoms with E-state index in [0.29, 0.717) is 0 Å². The highest BCUT2D eigenvalue weighted by molar-refractivity contribution is 7.80. The van der Waals surface area contributed by atoms with E-state index >= 15 is 0 Å². The van der Waals surface area contributed by atoms with Crippen molar-refractivity contribution in [2.75, 3.05) is 11.1 Å². The molecule has 7 nitrogen and oxygen atoms in total. The van der Waals surface area contributed by atoms with Gasteiger partial charge < -0.3 is 20.3 Å². The molecule has 8 heteroatoms. The Balaban J connectivity index is 2.05. The van der Waals surface area contributed by atoms with Gasteiger partial charge in [-0.25, -0.2) is 4.79 Å². The molecule has 0 aromatic heterocycles. The second kappa shape index (κ2) is 11.8. The van der Waals surface area contributed by atoms with E-state index in [1.165, 1.54) is 0 Å². The molecule has 1 fully saturated rings. The lowest BCUT2D eigenvalue weighted by Crippen LogP contribution is -2.54. The Hall–Kier alpha value is -3.00. The van der Waals surface area contributed by atoms with Gasteiger partial charge in [0.15, 0.2) is 0 Å². The molecule has 1 saturated carbocycles. The molecule has 3 amide bonds. The van der Waals surface area contributed by atoms with Crippen molar-refractivity contribution < 1.29 is 19.1 Å². The van der Waals surface area contributed by atoms with Gasteiger partial charge in [0.1, 0.15) is 17.7 Å². The average Bonchev–Trinajstić information content (AvgIpc) is 3.53. The summed E-state index contributed by atoms with van der Waals surface area (Å²) in [6.07, 6.45) is 0.0759. The molecule has 1 aliphatic rings. The van der Waals surface area contributed by atoms with E-state index in [1.807, 2.05) is 64.1 Å². The number of ether oxygens (including phenoxy) is 1. The highest BCUT2D eigenvalue weighted by Crippen LogP contribution is 2.42. The second-order valence-corrected chi connectivity index (χ2v) is 11.8. The van der Waals surface area contributed by atoms with Gasteiger partial charge in [-0.2, -0.15) is 12.6 Å². The third-order valence-corrected chi connectivity index (χ3v) is 7.19. The summed E-state index contributed by atoms with van der Waals surface area (Å²) in [6.45, 7) is 15.2. The van der Waals surface area contributed by atoms with Crippen LogP contribution < -0.4 is 10.6 Å². The first-order valence-corrected chi connectivity index (χ1v) is 13.7. The molecule has 2 N–H and O–H groups in total. The molecule has 4 atom stereocenters. The van der Waals surface area contributed by atoms with Crippen LogP contribution in [0.1, 0.15) is 68.0 Å². The average molecular weight is 540 g/mol. The minimum atomic E-state index is -0.956. The number of amides is 3. The lowest BCUT2D eigenvalue weighted by Gasteiger charge is -2.35. The van der Waals surface area contributed by atoms with Crippen molar-refractivity contribution in [3.05, 3.63) is 64.2 Å². The molecule has 1 aliphatic carbocycles. The van der Waals surface area contributed by atoms with Crippen molar-refractivity contribution >= 4 is 36.2 Å². The van der Waals surface area contributed by atoms with Crippen LogP contribution in [-0.2, 0) is 14.3 Å². The van der Waals surface area contributed by atoms with Crippen molar-refractivity contribution in [1.29, 1.82) is 0 Å². The predicted molar refractivity (Wildman–Crippen MR) is 155 cm³/mol. The molecule has 0 radical (unpaired) electrons. The lowest BCUT2D eigenvalue weighted by atomic mass is 9.96. The number of nitrogens with one attached hydrogen (secondary N) is 2. The molecule has 4 unspecified atom stereocenters. The summed E-state index contributed by atoms with van der Waals surface area (Å²) in [4.78, 5) is 42.5. The number of benzene rings is 2. The number of carbonyl (C=O) groups excluding carboxylic acids is 3. The van der Waals surface area contributed by atoms with Gasteiger partial charge in [0, 0.05) is 17.5 Å². The first-order valence-electron chi connectivity index (χ1n) is 13.1. The van der Waals surface area contributed by atoms with E-state index in [1.54, 1.807) is 25.7 Å². The van der Waals surface area contributed by atoms with Gasteiger partial charge in [-0.1, -0.05) is 48.9 Å². The van der Waals surface area contributed by atoms with E-state index in [9.17, 15) is 14.4 Å². The number of aryl methyl sites for hydroxylation is 4. The number of anilines is 1. The Kier molecular flexibility index (Phi) is 9.18. The number of carbonyl (C=O) groups is 3. The maximum atomic E-state index is 14.1. The Labute approximate surface area is 232 Å². The first kappa shape index (κ1) is 29.6. The topological polar surface area (TPSA) is 87.7 Å². The van der Waals surface area contributed by atoms with Gasteiger partial charge in [-0.15, -0.1) is 0 Å². The van der Waals surface area contributed by atoms with Crippen LogP contribution in [0.4, 0.5) is 10.5 Å². The van der Waals surface area contributed by atoms with Gasteiger partial charge in [0.2, 0.25) is 5.91 Å². The van der Waals surface area contributed by atoms with Crippen LogP contribution in [0.25, 0.3) is 0 Å². The number of hydrogen-bond donors (Lipinski definition) is 3. The summed E-state index contributed by atoms with van der Waals surface area (Å²) in [7, 11) is 0. The standard InChI is InChI=1S/C30H41N3O4S/c1-17-12-13-22(20(4)14-17)26(27(34)32-25-18(2)10-9-11-19(25)3)33(24-15-21(24)5)28(35)23(16-38)31-29(36)37-30(6,7)8/h9-14,21,23-24,26,38H,15-16H2,1-8H3,(H,31,36)(H,32,34). The third-order valence-electron chi connectivity index (χ3n) is 6.83. The van der Waals surface area contributed by atoms with Crippen LogP contribution in [0.2, 0.25) is 0 Å². The monoisotopic (exact) mass is 539 g/mol. The molecule has 0 bridgehead atoms. The molecule has 3 rings (SSSR count). The molecule has 2 aromatic rings. The van der Waals surface area contributed by atoms with Crippen molar-refractivity contribution in [3.63, 3.8) is 0 Å². The lowest BCUT2D eigenvalue weighted by molar-refractivity contribution is -0.141. The summed E-state index contributed by atoms with van der Waals surface area (Å²) in [5.74, 6) is -0.366. The second-order valence-electron chi connectivity index (χ2n) is 11.4. The summed E-state index contributed by atoms with van der Waals surface area (Å²) in [6, 6.07) is 9.75. The van der Waals surface area contributed by atoms with Crippen LogP contribution in [-0.4, -0.2) is 46.2 Å². The van der Waals surface area contributed by atoms with E-state index in [4.69, 9.17) is 4.74 Å². The van der Waals surface area contributed by atoms with Gasteiger partial charge >= 0.3 is 6.09 Å². The molecule has 0 aliphatic heterocycles. The highest BCUT2D eigenvalue weighted by Gasteiger charge is 2.48. The van der Waals surface area contributed by atoms with Crippen molar-refractivity contribution in [3.8, 4) is 0 Å². The summed E-state index contributed by atoms with van der Waals surface area (Å²) in [5.41, 5.74) is 4.64. The Bertz CT molecular complexity index is 1190. The fraction of sp³-hybridized carbons (Fsp3) is 0.500. The summed E-state index contributed by atoms with van der Waals surface area (Å²) < 4.78 is 5.39. The molecule has 2 aromatic carbocycles. The minimum absolute atomic E-state index is 0.0633. The van der Waals surface area contributed by atoms with E-state index in [2.05, 4.69) is 30.2 Å². The molecule has 0 heterocycles. The zero-order chi connectivity index (χ0) is 28.4. The Morgan fingerprint density at radius 3 is 2.16 bits per heavy atom. The van der Waals surface area contributed by atoms with E-state index in [-0.39, 0.29) is 29.5 Å². The Morgan fingerprint density at radius 1 is 1.05 bits per heavy atom.